The van der Waals surface area contributed by atoms with Crippen LogP contribution in [0.4, 0.5) is 17.2 Å². The Hall–Kier alpha value is -2.08. The van der Waals surface area contributed by atoms with Gasteiger partial charge in [0.1, 0.15) is 0 Å². The average Bonchev–Trinajstić information content (AvgIpc) is 2.36. The molecule has 0 aliphatic carbocycles. The van der Waals surface area contributed by atoms with Gasteiger partial charge in [-0.05, 0) is 30.7 Å². The number of anilines is 3. The minimum atomic E-state index is -1.08. The largest absolute Gasteiger partial charge is 0.478 e. The van der Waals surface area contributed by atoms with Gasteiger partial charge in [-0.3, -0.25) is 0 Å². The lowest BCUT2D eigenvalue weighted by atomic mass is 10.2. The highest BCUT2D eigenvalue weighted by molar-refractivity contribution is 9.10. The smallest absolute Gasteiger partial charge is 0.337 e. The van der Waals surface area contributed by atoms with E-state index in [0.717, 1.165) is 15.7 Å². The van der Waals surface area contributed by atoms with Gasteiger partial charge in [-0.15, -0.1) is 0 Å². The number of carboxylic acid groups (broad SMARTS) is 1. The van der Waals surface area contributed by atoms with Gasteiger partial charge < -0.3 is 16.2 Å². The molecule has 6 heteroatoms. The summed E-state index contributed by atoms with van der Waals surface area (Å²) < 4.78 is 0.950. The number of aryl methyl sites for hydroxylation is 1. The SMILES string of the molecule is Cc1ccc(Nc2nccc(C(=O)O)c2N)cc1Br. The van der Waals surface area contributed by atoms with E-state index in [0.29, 0.717) is 5.82 Å². The molecule has 0 amide bonds. The molecule has 4 N–H and O–H groups in total. The summed E-state index contributed by atoms with van der Waals surface area (Å²) in [5, 5.41) is 12.0. The third-order valence-corrected chi connectivity index (χ3v) is 3.51. The monoisotopic (exact) mass is 321 g/mol. The molecule has 2 aromatic rings. The quantitative estimate of drug-likeness (QED) is 0.808. The molecular formula is C13H12BrN3O2. The first-order valence-electron chi connectivity index (χ1n) is 5.50. The summed E-state index contributed by atoms with van der Waals surface area (Å²) in [6, 6.07) is 7.05. The summed E-state index contributed by atoms with van der Waals surface area (Å²) in [7, 11) is 0. The van der Waals surface area contributed by atoms with Crippen molar-refractivity contribution < 1.29 is 9.90 Å². The number of hydrogen-bond acceptors (Lipinski definition) is 4. The molecule has 0 radical (unpaired) electrons. The van der Waals surface area contributed by atoms with E-state index in [2.05, 4.69) is 26.2 Å². The van der Waals surface area contributed by atoms with E-state index in [9.17, 15) is 4.79 Å². The predicted octanol–water partition coefficient (Wildman–Crippen LogP) is 3.18. The number of nitrogens with two attached hydrogens (primary N) is 1. The number of pyridine rings is 1. The highest BCUT2D eigenvalue weighted by atomic mass is 79.9. The van der Waals surface area contributed by atoms with Crippen LogP contribution in [-0.2, 0) is 0 Å². The Morgan fingerprint density at radius 1 is 1.42 bits per heavy atom. The Labute approximate surface area is 118 Å². The fourth-order valence-electron chi connectivity index (χ4n) is 1.57. The molecule has 5 nitrogen and oxygen atoms in total. The van der Waals surface area contributed by atoms with Gasteiger partial charge in [-0.1, -0.05) is 22.0 Å². The van der Waals surface area contributed by atoms with Crippen LogP contribution in [-0.4, -0.2) is 16.1 Å². The maximum atomic E-state index is 11.0. The highest BCUT2D eigenvalue weighted by Crippen LogP contribution is 2.26. The second-order valence-corrected chi connectivity index (χ2v) is 4.87. The molecule has 0 saturated heterocycles. The standard InChI is InChI=1S/C13H12BrN3O2/c1-7-2-3-8(6-10(7)14)17-12-11(15)9(13(18)19)4-5-16-12/h2-6H,15H2,1H3,(H,16,17)(H,18,19). The Kier molecular flexibility index (Phi) is 3.71. The summed E-state index contributed by atoms with van der Waals surface area (Å²) in [6.07, 6.45) is 1.41. The fourth-order valence-corrected chi connectivity index (χ4v) is 1.95. The number of aromatic nitrogens is 1. The number of carbonyl (C=O) groups is 1. The van der Waals surface area contributed by atoms with E-state index in [4.69, 9.17) is 10.8 Å². The molecule has 0 aliphatic heterocycles. The van der Waals surface area contributed by atoms with Gasteiger partial charge >= 0.3 is 5.97 Å². The van der Waals surface area contributed by atoms with E-state index in [1.54, 1.807) is 0 Å². The first kappa shape index (κ1) is 13.4. The van der Waals surface area contributed by atoms with Crippen LogP contribution in [0.5, 0.6) is 0 Å². The van der Waals surface area contributed by atoms with Crippen LogP contribution in [0.25, 0.3) is 0 Å². The molecule has 1 heterocycles. The molecule has 0 atom stereocenters. The summed E-state index contributed by atoms with van der Waals surface area (Å²) >= 11 is 3.43. The van der Waals surface area contributed by atoms with Crippen molar-refractivity contribution in [3.05, 3.63) is 46.1 Å². The molecule has 1 aromatic heterocycles. The van der Waals surface area contributed by atoms with Crippen molar-refractivity contribution in [1.29, 1.82) is 0 Å². The number of nitrogens with one attached hydrogen (secondary N) is 1. The van der Waals surface area contributed by atoms with Crippen molar-refractivity contribution in [1.82, 2.24) is 4.98 Å². The minimum absolute atomic E-state index is 0.0312. The van der Waals surface area contributed by atoms with Gasteiger partial charge in [0.05, 0.1) is 11.3 Å². The normalized spacial score (nSPS) is 10.2. The van der Waals surface area contributed by atoms with Crippen molar-refractivity contribution in [2.45, 2.75) is 6.92 Å². The van der Waals surface area contributed by atoms with E-state index in [-0.39, 0.29) is 11.3 Å². The third kappa shape index (κ3) is 2.85. The van der Waals surface area contributed by atoms with Crippen molar-refractivity contribution in [2.24, 2.45) is 0 Å². The van der Waals surface area contributed by atoms with Gasteiger partial charge in [0.2, 0.25) is 0 Å². The van der Waals surface area contributed by atoms with Crippen LogP contribution in [0.2, 0.25) is 0 Å². The number of nitrogens with zero attached hydrogens (tertiary/aromatic N) is 1. The number of rotatable bonds is 3. The Bertz CT molecular complexity index is 644. The van der Waals surface area contributed by atoms with E-state index in [1.165, 1.54) is 12.3 Å². The van der Waals surface area contributed by atoms with Crippen molar-refractivity contribution in [3.63, 3.8) is 0 Å². The number of carboxylic acids is 1. The molecule has 1 aromatic carbocycles. The molecule has 0 spiro atoms. The number of nitrogen functional groups attached to an aromatic ring is 1. The van der Waals surface area contributed by atoms with Crippen LogP contribution in [0.3, 0.4) is 0 Å². The second kappa shape index (κ2) is 5.27. The molecule has 0 bridgehead atoms. The van der Waals surface area contributed by atoms with Crippen molar-refractivity contribution >= 4 is 39.1 Å². The van der Waals surface area contributed by atoms with Crippen molar-refractivity contribution in [3.8, 4) is 0 Å². The highest BCUT2D eigenvalue weighted by Gasteiger charge is 2.12. The van der Waals surface area contributed by atoms with E-state index in [1.807, 2.05) is 25.1 Å². The van der Waals surface area contributed by atoms with Crippen LogP contribution < -0.4 is 11.1 Å². The number of aromatic carboxylic acids is 1. The van der Waals surface area contributed by atoms with E-state index >= 15 is 0 Å². The lowest BCUT2D eigenvalue weighted by Crippen LogP contribution is -2.07. The lowest BCUT2D eigenvalue weighted by Gasteiger charge is -2.10. The molecule has 0 aliphatic rings. The summed E-state index contributed by atoms with van der Waals surface area (Å²) in [5.41, 5.74) is 7.81. The zero-order valence-corrected chi connectivity index (χ0v) is 11.7. The zero-order chi connectivity index (χ0) is 14.0. The topological polar surface area (TPSA) is 88.2 Å². The molecule has 19 heavy (non-hydrogen) atoms. The van der Waals surface area contributed by atoms with Gasteiger partial charge in [0, 0.05) is 16.4 Å². The summed E-state index contributed by atoms with van der Waals surface area (Å²) in [5.74, 6) is -0.747. The molecule has 0 saturated carbocycles. The van der Waals surface area contributed by atoms with E-state index < -0.39 is 5.97 Å². The van der Waals surface area contributed by atoms with Gasteiger partial charge in [0.15, 0.2) is 5.82 Å². The van der Waals surface area contributed by atoms with Crippen LogP contribution in [0.15, 0.2) is 34.9 Å². The third-order valence-electron chi connectivity index (χ3n) is 2.66. The zero-order valence-electron chi connectivity index (χ0n) is 10.1. The lowest BCUT2D eigenvalue weighted by molar-refractivity contribution is 0.0698. The van der Waals surface area contributed by atoms with Gasteiger partial charge in [-0.25, -0.2) is 9.78 Å². The van der Waals surface area contributed by atoms with Gasteiger partial charge in [0.25, 0.3) is 0 Å². The first-order chi connectivity index (χ1) is 8.99. The summed E-state index contributed by atoms with van der Waals surface area (Å²) in [6.45, 7) is 1.98. The average molecular weight is 322 g/mol. The Balaban J connectivity index is 2.35. The van der Waals surface area contributed by atoms with Crippen molar-refractivity contribution in [2.75, 3.05) is 11.1 Å². The second-order valence-electron chi connectivity index (χ2n) is 4.01. The molecule has 0 fully saturated rings. The number of hydrogen-bond donors (Lipinski definition) is 3. The summed E-state index contributed by atoms with van der Waals surface area (Å²) in [4.78, 5) is 15.0. The Morgan fingerprint density at radius 2 is 2.16 bits per heavy atom. The number of benzene rings is 1. The Morgan fingerprint density at radius 3 is 2.79 bits per heavy atom. The predicted molar refractivity (Wildman–Crippen MR) is 77.8 cm³/mol. The number of halogens is 1. The fraction of sp³-hybridized carbons (Fsp3) is 0.0769. The maximum Gasteiger partial charge on any atom is 0.337 e. The van der Waals surface area contributed by atoms with Crippen LogP contribution in [0.1, 0.15) is 15.9 Å². The minimum Gasteiger partial charge on any atom is -0.478 e. The first-order valence-corrected chi connectivity index (χ1v) is 6.29. The molecule has 2 rings (SSSR count). The van der Waals surface area contributed by atoms with Crippen LogP contribution in [0, 0.1) is 6.92 Å². The molecule has 0 unspecified atom stereocenters. The molecular weight excluding hydrogens is 310 g/mol. The maximum absolute atomic E-state index is 11.0. The van der Waals surface area contributed by atoms with Gasteiger partial charge in [-0.2, -0.15) is 0 Å². The molecule has 98 valence electrons. The van der Waals surface area contributed by atoms with Crippen LogP contribution >= 0.6 is 15.9 Å².